The minimum atomic E-state index is -3.67. The van der Waals surface area contributed by atoms with Crippen molar-refractivity contribution in [3.8, 4) is 11.4 Å². The van der Waals surface area contributed by atoms with Gasteiger partial charge in [0.15, 0.2) is 0 Å². The van der Waals surface area contributed by atoms with Crippen LogP contribution in [0.3, 0.4) is 0 Å². The maximum absolute atomic E-state index is 11.1. The van der Waals surface area contributed by atoms with Crippen molar-refractivity contribution >= 4 is 19.7 Å². The number of pyridine rings is 1. The monoisotopic (exact) mass is 272 g/mol. The molecule has 90 valence electrons. The van der Waals surface area contributed by atoms with Crippen LogP contribution in [0.25, 0.3) is 11.4 Å². The van der Waals surface area contributed by atoms with Gasteiger partial charge in [0.25, 0.3) is 0 Å². The zero-order valence-corrected chi connectivity index (χ0v) is 10.5. The molecule has 2 rings (SSSR count). The maximum atomic E-state index is 11.1. The summed E-state index contributed by atoms with van der Waals surface area (Å²) in [5, 5.41) is 7.57. The van der Waals surface area contributed by atoms with Gasteiger partial charge in [-0.15, -0.1) is 5.10 Å². The fourth-order valence-electron chi connectivity index (χ4n) is 1.48. The maximum Gasteiger partial charge on any atom is 0.238 e. The molecular weight excluding hydrogens is 264 g/mol. The molecule has 0 saturated heterocycles. The van der Waals surface area contributed by atoms with E-state index >= 15 is 0 Å². The van der Waals surface area contributed by atoms with E-state index in [1.54, 1.807) is 31.4 Å². The van der Waals surface area contributed by atoms with E-state index in [1.807, 2.05) is 0 Å². The lowest BCUT2D eigenvalue weighted by atomic mass is 10.2. The Morgan fingerprint density at radius 2 is 2.18 bits per heavy atom. The molecular formula is C9H9ClN4O2S. The van der Waals surface area contributed by atoms with E-state index in [1.165, 1.54) is 4.68 Å². The fourth-order valence-corrected chi connectivity index (χ4v) is 2.31. The van der Waals surface area contributed by atoms with Gasteiger partial charge in [-0.2, -0.15) is 0 Å². The van der Waals surface area contributed by atoms with Gasteiger partial charge in [-0.1, -0.05) is 11.3 Å². The first-order chi connectivity index (χ1) is 7.97. The van der Waals surface area contributed by atoms with E-state index in [2.05, 4.69) is 15.3 Å². The molecule has 0 unspecified atom stereocenters. The van der Waals surface area contributed by atoms with E-state index in [4.69, 9.17) is 10.7 Å². The first-order valence-corrected chi connectivity index (χ1v) is 7.17. The fraction of sp³-hybridized carbons (Fsp3) is 0.222. The third-order valence-corrected chi connectivity index (χ3v) is 3.06. The quantitative estimate of drug-likeness (QED) is 0.777. The van der Waals surface area contributed by atoms with Gasteiger partial charge in [0.05, 0.1) is 5.69 Å². The molecule has 0 spiro atoms. The summed E-state index contributed by atoms with van der Waals surface area (Å²) in [6.45, 7) is 0. The van der Waals surface area contributed by atoms with Gasteiger partial charge in [-0.25, -0.2) is 13.1 Å². The first-order valence-electron chi connectivity index (χ1n) is 4.69. The summed E-state index contributed by atoms with van der Waals surface area (Å²) in [4.78, 5) is 4.13. The Morgan fingerprint density at radius 1 is 1.41 bits per heavy atom. The third kappa shape index (κ3) is 2.80. The smallest absolute Gasteiger partial charge is 0.238 e. The molecule has 0 saturated carbocycles. The van der Waals surface area contributed by atoms with Crippen molar-refractivity contribution in [1.29, 1.82) is 0 Å². The number of hydrogen-bond acceptors (Lipinski definition) is 5. The van der Waals surface area contributed by atoms with E-state index in [9.17, 15) is 8.42 Å². The number of aryl methyl sites for hydroxylation is 1. The predicted molar refractivity (Wildman–Crippen MR) is 62.7 cm³/mol. The molecule has 2 heterocycles. The Hall–Kier alpha value is -1.47. The summed E-state index contributed by atoms with van der Waals surface area (Å²) in [7, 11) is 3.21. The molecule has 0 aliphatic carbocycles. The lowest BCUT2D eigenvalue weighted by molar-refractivity contribution is 0.608. The second kappa shape index (κ2) is 4.42. The highest BCUT2D eigenvalue weighted by molar-refractivity contribution is 8.13. The standard InChI is InChI=1S/C9H9ClN4O2S/c1-14-9(7-4-2-3-5-11-7)8(12-13-14)6-17(10,15)16/h2-5H,6H2,1H3. The van der Waals surface area contributed by atoms with Crippen LogP contribution >= 0.6 is 10.7 Å². The number of hydrogen-bond donors (Lipinski definition) is 0. The van der Waals surface area contributed by atoms with Crippen molar-refractivity contribution in [3.05, 3.63) is 30.1 Å². The normalized spacial score (nSPS) is 11.6. The lowest BCUT2D eigenvalue weighted by Gasteiger charge is -2.02. The lowest BCUT2D eigenvalue weighted by Crippen LogP contribution is -2.00. The number of aromatic nitrogens is 4. The molecule has 0 radical (unpaired) electrons. The van der Waals surface area contributed by atoms with E-state index in [0.29, 0.717) is 17.1 Å². The molecule has 8 heteroatoms. The number of rotatable bonds is 3. The van der Waals surface area contributed by atoms with E-state index < -0.39 is 9.05 Å². The Morgan fingerprint density at radius 3 is 2.76 bits per heavy atom. The molecule has 0 N–H and O–H groups in total. The second-order valence-corrected chi connectivity index (χ2v) is 6.18. The van der Waals surface area contributed by atoms with Gasteiger partial charge in [-0.3, -0.25) is 4.98 Å². The zero-order valence-electron chi connectivity index (χ0n) is 8.91. The van der Waals surface area contributed by atoms with Gasteiger partial charge in [0.1, 0.15) is 17.1 Å². The molecule has 0 aliphatic heterocycles. The van der Waals surface area contributed by atoms with Gasteiger partial charge in [0.2, 0.25) is 9.05 Å². The summed E-state index contributed by atoms with van der Waals surface area (Å²) in [5.41, 5.74) is 1.45. The summed E-state index contributed by atoms with van der Waals surface area (Å²) in [6.07, 6.45) is 1.61. The second-order valence-electron chi connectivity index (χ2n) is 3.41. The van der Waals surface area contributed by atoms with Crippen LogP contribution in [0.5, 0.6) is 0 Å². The summed E-state index contributed by atoms with van der Waals surface area (Å²) in [5.74, 6) is -0.367. The number of nitrogens with zero attached hydrogens (tertiary/aromatic N) is 4. The van der Waals surface area contributed by atoms with Crippen molar-refractivity contribution in [1.82, 2.24) is 20.0 Å². The van der Waals surface area contributed by atoms with E-state index in [0.717, 1.165) is 0 Å². The molecule has 0 atom stereocenters. The van der Waals surface area contributed by atoms with Gasteiger partial charge >= 0.3 is 0 Å². The SMILES string of the molecule is Cn1nnc(CS(=O)(=O)Cl)c1-c1ccccn1. The van der Waals surface area contributed by atoms with Crippen LogP contribution in [0, 0.1) is 0 Å². The van der Waals surface area contributed by atoms with Crippen LogP contribution in [-0.4, -0.2) is 28.4 Å². The molecule has 0 fully saturated rings. The molecule has 0 aromatic carbocycles. The van der Waals surface area contributed by atoms with Crippen LogP contribution in [0.4, 0.5) is 0 Å². The Labute approximate surface area is 103 Å². The van der Waals surface area contributed by atoms with Crippen molar-refractivity contribution in [2.24, 2.45) is 7.05 Å². The number of halogens is 1. The molecule has 0 bridgehead atoms. The average molecular weight is 273 g/mol. The third-order valence-electron chi connectivity index (χ3n) is 2.11. The molecule has 0 aliphatic rings. The minimum absolute atomic E-state index is 0.293. The highest BCUT2D eigenvalue weighted by Gasteiger charge is 2.18. The topological polar surface area (TPSA) is 77.7 Å². The molecule has 2 aromatic rings. The van der Waals surface area contributed by atoms with Crippen LogP contribution in [-0.2, 0) is 21.9 Å². The van der Waals surface area contributed by atoms with Crippen molar-refractivity contribution in [2.45, 2.75) is 5.75 Å². The van der Waals surface area contributed by atoms with Crippen molar-refractivity contribution < 1.29 is 8.42 Å². The average Bonchev–Trinajstić information content (AvgIpc) is 2.58. The van der Waals surface area contributed by atoms with E-state index in [-0.39, 0.29) is 5.75 Å². The summed E-state index contributed by atoms with van der Waals surface area (Å²) >= 11 is 0. The molecule has 0 amide bonds. The minimum Gasteiger partial charge on any atom is -0.255 e. The predicted octanol–water partition coefficient (Wildman–Crippen LogP) is 0.946. The zero-order chi connectivity index (χ0) is 12.5. The van der Waals surface area contributed by atoms with Gasteiger partial charge < -0.3 is 0 Å². The Balaban J connectivity index is 2.51. The van der Waals surface area contributed by atoms with Gasteiger partial charge in [-0.05, 0) is 12.1 Å². The largest absolute Gasteiger partial charge is 0.255 e. The van der Waals surface area contributed by atoms with Crippen LogP contribution in [0.15, 0.2) is 24.4 Å². The summed E-state index contributed by atoms with van der Waals surface area (Å²) < 4.78 is 23.6. The van der Waals surface area contributed by atoms with Gasteiger partial charge in [0, 0.05) is 23.9 Å². The molecule has 6 nitrogen and oxygen atoms in total. The highest BCUT2D eigenvalue weighted by Crippen LogP contribution is 2.21. The first kappa shape index (κ1) is 12.0. The highest BCUT2D eigenvalue weighted by atomic mass is 35.7. The van der Waals surface area contributed by atoms with Crippen LogP contribution < -0.4 is 0 Å². The Bertz CT molecular complexity index is 624. The van der Waals surface area contributed by atoms with Crippen molar-refractivity contribution in [3.63, 3.8) is 0 Å². The van der Waals surface area contributed by atoms with Crippen molar-refractivity contribution in [2.75, 3.05) is 0 Å². The van der Waals surface area contributed by atoms with Crippen LogP contribution in [0.1, 0.15) is 5.69 Å². The summed E-state index contributed by atoms with van der Waals surface area (Å²) in [6, 6.07) is 5.32. The Kier molecular flexibility index (Phi) is 3.12. The molecule has 2 aromatic heterocycles. The van der Waals surface area contributed by atoms with Crippen LogP contribution in [0.2, 0.25) is 0 Å². The molecule has 17 heavy (non-hydrogen) atoms.